The number of rotatable bonds is 5. The van der Waals surface area contributed by atoms with Gasteiger partial charge in [-0.1, -0.05) is 30.7 Å². The zero-order valence-corrected chi connectivity index (χ0v) is 12.1. The fourth-order valence-electron chi connectivity index (χ4n) is 1.37. The number of likely N-dealkylation sites (N-methyl/N-ethyl adjacent to an activating group) is 1. The summed E-state index contributed by atoms with van der Waals surface area (Å²) in [6.45, 7) is 6.11. The van der Waals surface area contributed by atoms with Crippen molar-refractivity contribution < 1.29 is 9.53 Å². The highest BCUT2D eigenvalue weighted by atomic mass is 35.5. The van der Waals surface area contributed by atoms with Gasteiger partial charge >= 0.3 is 0 Å². The third-order valence-corrected chi connectivity index (χ3v) is 3.65. The van der Waals surface area contributed by atoms with Crippen molar-refractivity contribution in [2.75, 3.05) is 13.7 Å². The van der Waals surface area contributed by atoms with Crippen molar-refractivity contribution in [2.45, 2.75) is 32.7 Å². The molecule has 1 rings (SSSR count). The summed E-state index contributed by atoms with van der Waals surface area (Å²) in [5, 5.41) is 0.516. The Kier molecular flexibility index (Phi) is 5.03. The predicted octanol–water partition coefficient (Wildman–Crippen LogP) is 3.37. The third-order valence-electron chi connectivity index (χ3n) is 3.34. The van der Waals surface area contributed by atoms with Gasteiger partial charge in [0.15, 0.2) is 6.61 Å². The molecule has 0 aliphatic carbocycles. The first kappa shape index (κ1) is 14.8. The molecule has 1 aromatic carbocycles. The van der Waals surface area contributed by atoms with Gasteiger partial charge in [-0.05, 0) is 32.4 Å². The van der Waals surface area contributed by atoms with Gasteiger partial charge in [-0.25, -0.2) is 0 Å². The fourth-order valence-corrected chi connectivity index (χ4v) is 1.56. The monoisotopic (exact) mass is 269 g/mol. The first-order valence-corrected chi connectivity index (χ1v) is 6.40. The zero-order valence-electron chi connectivity index (χ0n) is 11.4. The summed E-state index contributed by atoms with van der Waals surface area (Å²) < 4.78 is 5.44. The number of carbonyl (C=O) groups excluding carboxylic acids is 1. The molecule has 1 amide bonds. The van der Waals surface area contributed by atoms with Gasteiger partial charge in [0.1, 0.15) is 5.75 Å². The van der Waals surface area contributed by atoms with Crippen molar-refractivity contribution in [2.24, 2.45) is 0 Å². The lowest BCUT2D eigenvalue weighted by Crippen LogP contribution is -2.46. The van der Waals surface area contributed by atoms with Gasteiger partial charge in [-0.2, -0.15) is 0 Å². The van der Waals surface area contributed by atoms with Crippen LogP contribution in [0.5, 0.6) is 5.75 Å². The fraction of sp³-hybridized carbons (Fsp3) is 0.500. The molecule has 0 aliphatic rings. The molecule has 0 atom stereocenters. The van der Waals surface area contributed by atoms with Crippen LogP contribution in [0.25, 0.3) is 0 Å². The number of nitrogens with zero attached hydrogens (tertiary/aromatic N) is 1. The van der Waals surface area contributed by atoms with Crippen LogP contribution in [-0.2, 0) is 4.79 Å². The molecule has 18 heavy (non-hydrogen) atoms. The molecule has 0 radical (unpaired) electrons. The lowest BCUT2D eigenvalue weighted by molar-refractivity contribution is -0.136. The molecular weight excluding hydrogens is 250 g/mol. The number of hydrogen-bond acceptors (Lipinski definition) is 2. The van der Waals surface area contributed by atoms with Gasteiger partial charge < -0.3 is 9.64 Å². The largest absolute Gasteiger partial charge is 0.482 e. The molecule has 0 saturated heterocycles. The Morgan fingerprint density at radius 3 is 2.56 bits per heavy atom. The van der Waals surface area contributed by atoms with E-state index < -0.39 is 0 Å². The first-order chi connectivity index (χ1) is 8.38. The summed E-state index contributed by atoms with van der Waals surface area (Å²) in [5.74, 6) is 0.483. The third kappa shape index (κ3) is 3.64. The van der Waals surface area contributed by atoms with Crippen molar-refractivity contribution in [1.29, 1.82) is 0 Å². The van der Waals surface area contributed by atoms with E-state index in [1.54, 1.807) is 24.1 Å². The number of hydrogen-bond donors (Lipinski definition) is 0. The Morgan fingerprint density at radius 2 is 2.00 bits per heavy atom. The van der Waals surface area contributed by atoms with E-state index in [1.165, 1.54) is 0 Å². The summed E-state index contributed by atoms with van der Waals surface area (Å²) in [7, 11) is 1.79. The first-order valence-electron chi connectivity index (χ1n) is 6.02. The van der Waals surface area contributed by atoms with Gasteiger partial charge in [-0.15, -0.1) is 0 Å². The quantitative estimate of drug-likeness (QED) is 0.820. The number of carbonyl (C=O) groups is 1. The smallest absolute Gasteiger partial charge is 0.260 e. The molecule has 1 aromatic rings. The zero-order chi connectivity index (χ0) is 13.8. The van der Waals surface area contributed by atoms with Crippen LogP contribution in [0.4, 0.5) is 0 Å². The van der Waals surface area contributed by atoms with Crippen molar-refractivity contribution in [3.8, 4) is 5.75 Å². The molecule has 0 aliphatic heterocycles. The van der Waals surface area contributed by atoms with E-state index in [0.29, 0.717) is 10.8 Å². The Morgan fingerprint density at radius 1 is 1.39 bits per heavy atom. The lowest BCUT2D eigenvalue weighted by atomic mass is 10.00. The van der Waals surface area contributed by atoms with Crippen molar-refractivity contribution in [3.63, 3.8) is 0 Å². The number of ether oxygens (including phenoxy) is 1. The van der Waals surface area contributed by atoms with Crippen LogP contribution in [0.1, 0.15) is 27.2 Å². The van der Waals surface area contributed by atoms with Crippen LogP contribution in [0.15, 0.2) is 24.3 Å². The second-order valence-electron chi connectivity index (χ2n) is 4.84. The minimum Gasteiger partial charge on any atom is -0.482 e. The molecule has 0 aromatic heterocycles. The van der Waals surface area contributed by atoms with E-state index >= 15 is 0 Å². The van der Waals surface area contributed by atoms with E-state index in [9.17, 15) is 4.79 Å². The highest BCUT2D eigenvalue weighted by Gasteiger charge is 2.25. The Labute approximate surface area is 114 Å². The van der Waals surface area contributed by atoms with Crippen LogP contribution >= 0.6 is 11.6 Å². The standard InChI is InChI=1S/C14H20ClNO2/c1-5-14(2,3)16(4)13(17)10-18-12-9-7-6-8-11(12)15/h6-9H,5,10H2,1-4H3. The van der Waals surface area contributed by atoms with E-state index in [2.05, 4.69) is 6.92 Å². The Hall–Kier alpha value is -1.22. The summed E-state index contributed by atoms with van der Waals surface area (Å²) >= 11 is 5.95. The predicted molar refractivity (Wildman–Crippen MR) is 74.1 cm³/mol. The molecule has 4 heteroatoms. The molecule has 3 nitrogen and oxygen atoms in total. The van der Waals surface area contributed by atoms with Gasteiger partial charge in [0.05, 0.1) is 5.02 Å². The van der Waals surface area contributed by atoms with Crippen LogP contribution in [0, 0.1) is 0 Å². The number of halogens is 1. The average Bonchev–Trinajstić information content (AvgIpc) is 2.36. The molecule has 0 N–H and O–H groups in total. The summed E-state index contributed by atoms with van der Waals surface area (Å²) in [6.07, 6.45) is 0.890. The number of benzene rings is 1. The van der Waals surface area contributed by atoms with E-state index in [-0.39, 0.29) is 18.1 Å². The summed E-state index contributed by atoms with van der Waals surface area (Å²) in [4.78, 5) is 13.7. The summed E-state index contributed by atoms with van der Waals surface area (Å²) in [6, 6.07) is 7.14. The van der Waals surface area contributed by atoms with Crippen molar-refractivity contribution in [1.82, 2.24) is 4.90 Å². The highest BCUT2D eigenvalue weighted by molar-refractivity contribution is 6.32. The Bertz CT molecular complexity index is 418. The molecule has 0 spiro atoms. The van der Waals surface area contributed by atoms with Gasteiger partial charge in [0.2, 0.25) is 0 Å². The maximum absolute atomic E-state index is 12.0. The normalized spacial score (nSPS) is 11.2. The number of amides is 1. The van der Waals surface area contributed by atoms with E-state index in [0.717, 1.165) is 6.42 Å². The maximum atomic E-state index is 12.0. The average molecular weight is 270 g/mol. The van der Waals surface area contributed by atoms with Gasteiger partial charge in [0.25, 0.3) is 5.91 Å². The molecule has 0 saturated carbocycles. The van der Waals surface area contributed by atoms with Crippen LogP contribution in [-0.4, -0.2) is 30.0 Å². The van der Waals surface area contributed by atoms with Gasteiger partial charge in [0, 0.05) is 12.6 Å². The van der Waals surface area contributed by atoms with Gasteiger partial charge in [-0.3, -0.25) is 4.79 Å². The minimum absolute atomic E-state index is 0.00363. The minimum atomic E-state index is -0.166. The number of para-hydroxylation sites is 1. The van der Waals surface area contributed by atoms with Crippen molar-refractivity contribution >= 4 is 17.5 Å². The van der Waals surface area contributed by atoms with E-state index in [1.807, 2.05) is 26.0 Å². The van der Waals surface area contributed by atoms with Crippen LogP contribution in [0.3, 0.4) is 0 Å². The topological polar surface area (TPSA) is 29.5 Å². The summed E-state index contributed by atoms with van der Waals surface area (Å²) in [5.41, 5.74) is -0.166. The molecule has 0 heterocycles. The van der Waals surface area contributed by atoms with Crippen molar-refractivity contribution in [3.05, 3.63) is 29.3 Å². The van der Waals surface area contributed by atoms with E-state index in [4.69, 9.17) is 16.3 Å². The second kappa shape index (κ2) is 6.10. The molecular formula is C14H20ClNO2. The highest BCUT2D eigenvalue weighted by Crippen LogP contribution is 2.23. The maximum Gasteiger partial charge on any atom is 0.260 e. The SMILES string of the molecule is CCC(C)(C)N(C)C(=O)COc1ccccc1Cl. The molecule has 0 fully saturated rings. The Balaban J connectivity index is 2.59. The molecule has 0 bridgehead atoms. The lowest BCUT2D eigenvalue weighted by Gasteiger charge is -2.34. The second-order valence-corrected chi connectivity index (χ2v) is 5.25. The molecule has 100 valence electrons. The molecule has 0 unspecified atom stereocenters. The van der Waals surface area contributed by atoms with Crippen LogP contribution in [0.2, 0.25) is 5.02 Å². The van der Waals surface area contributed by atoms with Crippen LogP contribution < -0.4 is 4.74 Å².